The van der Waals surface area contributed by atoms with Crippen molar-refractivity contribution < 1.29 is 40.0 Å². The summed E-state index contributed by atoms with van der Waals surface area (Å²) in [7, 11) is -2.52. The topological polar surface area (TPSA) is 50.7 Å². The molecular weight excluding hydrogens is 603 g/mol. The van der Waals surface area contributed by atoms with Crippen LogP contribution in [0, 0.1) is 5.82 Å². The van der Waals surface area contributed by atoms with Crippen molar-refractivity contribution in [3.63, 3.8) is 0 Å². The lowest BCUT2D eigenvalue weighted by Crippen LogP contribution is -2.25. The van der Waals surface area contributed by atoms with E-state index in [1.807, 2.05) is 0 Å². The lowest BCUT2D eigenvalue weighted by molar-refractivity contribution is -0.137. The van der Waals surface area contributed by atoms with Gasteiger partial charge in [0.1, 0.15) is 24.3 Å². The van der Waals surface area contributed by atoms with Crippen molar-refractivity contribution in [2.24, 2.45) is 4.99 Å². The fraction of sp³-hybridized carbons (Fsp3) is 0.190. The predicted octanol–water partition coefficient (Wildman–Crippen LogP) is 6.65. The van der Waals surface area contributed by atoms with Crippen LogP contribution >= 0.6 is 27.9 Å². The number of hydrogen-bond acceptors (Lipinski definition) is 4. The van der Waals surface area contributed by atoms with E-state index in [-0.39, 0.29) is 11.9 Å². The van der Waals surface area contributed by atoms with E-state index in [0.717, 1.165) is 4.08 Å². The summed E-state index contributed by atoms with van der Waals surface area (Å²) >= 11 is -1.44. The van der Waals surface area contributed by atoms with Gasteiger partial charge in [0.05, 0.1) is 5.56 Å². The van der Waals surface area contributed by atoms with Gasteiger partial charge in [0.25, 0.3) is 0 Å². The summed E-state index contributed by atoms with van der Waals surface area (Å²) < 4.78 is 114. The number of halogens is 8. The number of anilines is 1. The van der Waals surface area contributed by atoms with E-state index < -0.39 is 68.8 Å². The van der Waals surface area contributed by atoms with Gasteiger partial charge in [-0.1, -0.05) is 0 Å². The predicted molar refractivity (Wildman–Crippen MR) is 125 cm³/mol. The van der Waals surface area contributed by atoms with Crippen molar-refractivity contribution in [3.05, 3.63) is 69.3 Å². The molecular formula is C21H15F7IN2O2P. The molecule has 2 aromatic rings. The van der Waals surface area contributed by atoms with Crippen LogP contribution in [0.25, 0.3) is 0 Å². The highest BCUT2D eigenvalue weighted by Gasteiger charge is 2.39. The van der Waals surface area contributed by atoms with Gasteiger partial charge in [0, 0.05) is 17.1 Å². The second-order valence-corrected chi connectivity index (χ2v) is 12.3. The average Bonchev–Trinajstić information content (AvgIpc) is 2.88. The van der Waals surface area contributed by atoms with Crippen LogP contribution in [0.3, 0.4) is 0 Å². The van der Waals surface area contributed by atoms with Crippen molar-refractivity contribution >= 4 is 48.4 Å². The maximum absolute atomic E-state index is 13.7. The van der Waals surface area contributed by atoms with Crippen molar-refractivity contribution in [2.45, 2.75) is 12.4 Å². The minimum atomic E-state index is -4.94. The Hall–Kier alpha value is -2.43. The molecule has 0 aliphatic carbocycles. The van der Waals surface area contributed by atoms with E-state index in [1.165, 1.54) is 0 Å². The Kier molecular flexibility index (Phi) is 7.45. The van der Waals surface area contributed by atoms with Crippen molar-refractivity contribution in [1.82, 2.24) is 0 Å². The third-order valence-electron chi connectivity index (χ3n) is 4.22. The fourth-order valence-corrected chi connectivity index (χ4v) is 5.12. The van der Waals surface area contributed by atoms with E-state index in [4.69, 9.17) is 4.74 Å². The molecule has 13 heteroatoms. The molecule has 0 fully saturated rings. The van der Waals surface area contributed by atoms with Gasteiger partial charge in [-0.25, -0.2) is 4.39 Å². The molecule has 182 valence electrons. The highest BCUT2D eigenvalue weighted by molar-refractivity contribution is 14.2. The third kappa shape index (κ3) is 6.80. The first-order valence-electron chi connectivity index (χ1n) is 9.23. The van der Waals surface area contributed by atoms with Crippen LogP contribution in [0.1, 0.15) is 5.56 Å². The molecule has 0 atom stereocenters. The molecule has 0 radical (unpaired) electrons. The molecule has 0 bridgehead atoms. The molecule has 1 aliphatic rings. The summed E-state index contributed by atoms with van der Waals surface area (Å²) in [4.78, 5) is 3.78. The number of benzene rings is 2. The SMILES string of the molecule is CP(C)(=O)c1ccc(NC2=C=IC=C(C(F)(F)F)C(Oc3cc(F)cc(C(F)(F)F)c3)=N2)cc1. The number of nitrogens with one attached hydrogen (secondary N) is 1. The molecule has 3 rings (SSSR count). The molecule has 0 spiro atoms. The average molecular weight is 618 g/mol. The minimum absolute atomic E-state index is 0.158. The third-order valence-corrected chi connectivity index (χ3v) is 7.52. The summed E-state index contributed by atoms with van der Waals surface area (Å²) in [6.07, 6.45) is -9.87. The monoisotopic (exact) mass is 618 g/mol. The summed E-state index contributed by atoms with van der Waals surface area (Å²) in [5.41, 5.74) is -2.34. The van der Waals surface area contributed by atoms with Gasteiger partial charge in [0.15, 0.2) is 5.82 Å². The lowest BCUT2D eigenvalue weighted by atomic mass is 10.2. The van der Waals surface area contributed by atoms with Crippen LogP contribution in [0.15, 0.2) is 62.9 Å². The molecule has 0 unspecified atom stereocenters. The summed E-state index contributed by atoms with van der Waals surface area (Å²) in [6.45, 7) is 3.16. The maximum Gasteiger partial charge on any atom is 0.422 e. The molecule has 0 saturated heterocycles. The van der Waals surface area contributed by atoms with Crippen molar-refractivity contribution in [2.75, 3.05) is 18.6 Å². The molecule has 0 saturated carbocycles. The van der Waals surface area contributed by atoms with Gasteiger partial charge in [-0.2, -0.15) is 31.3 Å². The molecule has 4 nitrogen and oxygen atoms in total. The van der Waals surface area contributed by atoms with E-state index in [9.17, 15) is 35.3 Å². The van der Waals surface area contributed by atoms with Gasteiger partial charge in [0.2, 0.25) is 5.90 Å². The first kappa shape index (κ1) is 26.2. The Morgan fingerprint density at radius 3 is 2.21 bits per heavy atom. The number of hydrogen-bond donors (Lipinski definition) is 1. The zero-order valence-electron chi connectivity index (χ0n) is 17.4. The van der Waals surface area contributed by atoms with Gasteiger partial charge in [-0.15, -0.1) is 0 Å². The standard InChI is InChI=1S/C21H15F7IN2O2P/c1-34(2,32)16-5-3-14(4-6-16)30-18-11-29-10-17(21(26,27)28)19(31-18)33-15-8-12(20(23,24)25)7-13(22)9-15/h3-10,30H,1-2H3. The Labute approximate surface area is 199 Å². The Morgan fingerprint density at radius 1 is 1.00 bits per heavy atom. The number of alkyl halides is 6. The van der Waals surface area contributed by atoms with Crippen LogP contribution in [-0.4, -0.2) is 29.1 Å². The molecule has 1 aliphatic heterocycles. The van der Waals surface area contributed by atoms with Crippen molar-refractivity contribution in [1.29, 1.82) is 0 Å². The molecule has 2 aromatic carbocycles. The van der Waals surface area contributed by atoms with Gasteiger partial charge >= 0.3 is 12.4 Å². The molecule has 0 aromatic heterocycles. The fourth-order valence-electron chi connectivity index (χ4n) is 2.61. The Morgan fingerprint density at radius 2 is 1.65 bits per heavy atom. The molecule has 1 heterocycles. The smallest absolute Gasteiger partial charge is 0.422 e. The van der Waals surface area contributed by atoms with Crippen LogP contribution in [-0.2, 0) is 10.7 Å². The number of aliphatic imine (C=N–C) groups is 1. The highest BCUT2D eigenvalue weighted by Crippen LogP contribution is 2.36. The molecule has 34 heavy (non-hydrogen) atoms. The first-order valence-corrected chi connectivity index (χ1v) is 14.2. The summed E-state index contributed by atoms with van der Waals surface area (Å²) in [5.74, 6) is -3.35. The van der Waals surface area contributed by atoms with E-state index >= 15 is 0 Å². The second-order valence-electron chi connectivity index (χ2n) is 7.29. The zero-order chi connectivity index (χ0) is 25.3. The quantitative estimate of drug-likeness (QED) is 0.237. The van der Waals surface area contributed by atoms with Gasteiger partial charge in [-0.05, 0) is 78.2 Å². The van der Waals surface area contributed by atoms with Crippen LogP contribution in [0.5, 0.6) is 5.75 Å². The normalized spacial score (nSPS) is 14.9. The van der Waals surface area contributed by atoms with Crippen LogP contribution < -0.4 is 15.4 Å². The summed E-state index contributed by atoms with van der Waals surface area (Å²) in [5, 5.41) is 3.34. The minimum Gasteiger partial charge on any atom is -0.438 e. The lowest BCUT2D eigenvalue weighted by Gasteiger charge is -2.16. The van der Waals surface area contributed by atoms with Crippen LogP contribution in [0.4, 0.5) is 36.4 Å². The maximum atomic E-state index is 13.7. The molecule has 1 N–H and O–H groups in total. The Bertz CT molecular complexity index is 1270. The zero-order valence-corrected chi connectivity index (χ0v) is 20.4. The molecule has 0 amide bonds. The Balaban J connectivity index is 1.97. The van der Waals surface area contributed by atoms with E-state index in [1.54, 1.807) is 37.6 Å². The number of nitrogens with zero attached hydrogens (tertiary/aromatic N) is 1. The van der Waals surface area contributed by atoms with Crippen molar-refractivity contribution in [3.8, 4) is 5.75 Å². The number of rotatable bonds is 4. The van der Waals surface area contributed by atoms with E-state index in [2.05, 4.69) is 14.0 Å². The van der Waals surface area contributed by atoms with Gasteiger partial charge in [-0.3, -0.25) is 0 Å². The van der Waals surface area contributed by atoms with Gasteiger partial charge < -0.3 is 14.6 Å². The van der Waals surface area contributed by atoms with Crippen LogP contribution in [0.2, 0.25) is 0 Å². The first-order chi connectivity index (χ1) is 15.6. The number of ether oxygens (including phenoxy) is 1. The largest absolute Gasteiger partial charge is 0.438 e. The second kappa shape index (κ2) is 9.67. The summed E-state index contributed by atoms with van der Waals surface area (Å²) in [6, 6.07) is 7.37. The van der Waals surface area contributed by atoms with E-state index in [0.29, 0.717) is 23.1 Å². The highest BCUT2D eigenvalue weighted by atomic mass is 127.